The van der Waals surface area contributed by atoms with Crippen LogP contribution in [0.25, 0.3) is 0 Å². The van der Waals surface area contributed by atoms with Gasteiger partial charge in [0.15, 0.2) is 12.4 Å². The van der Waals surface area contributed by atoms with Crippen molar-refractivity contribution in [2.24, 2.45) is 22.9 Å². The van der Waals surface area contributed by atoms with E-state index in [-0.39, 0.29) is 31.7 Å². The molecule has 1 rings (SSSR count). The van der Waals surface area contributed by atoms with Crippen molar-refractivity contribution < 1.29 is 56.6 Å². The highest BCUT2D eigenvalue weighted by atomic mass is 35.5. The monoisotopic (exact) mass is 561 g/mol. The van der Waals surface area contributed by atoms with E-state index in [2.05, 4.69) is 0 Å². The van der Waals surface area contributed by atoms with Crippen LogP contribution >= 0.6 is 0 Å². The van der Waals surface area contributed by atoms with E-state index >= 15 is 0 Å². The van der Waals surface area contributed by atoms with Crippen molar-refractivity contribution in [2.75, 3.05) is 0 Å². The Hall–Kier alpha value is -2.84. The van der Waals surface area contributed by atoms with E-state index in [1.54, 1.807) is 0 Å². The predicted molar refractivity (Wildman–Crippen MR) is 133 cm³/mol. The quantitative estimate of drug-likeness (QED) is 0.0593. The van der Waals surface area contributed by atoms with Crippen LogP contribution in [0.5, 0.6) is 0 Å². The van der Waals surface area contributed by atoms with Crippen LogP contribution in [0.2, 0.25) is 0 Å². The van der Waals surface area contributed by atoms with Crippen LogP contribution in [0.3, 0.4) is 0 Å². The van der Waals surface area contributed by atoms with Gasteiger partial charge < -0.3 is 55.8 Å². The Morgan fingerprint density at radius 2 is 0.974 bits per heavy atom. The predicted octanol–water partition coefficient (Wildman–Crippen LogP) is -4.02. The van der Waals surface area contributed by atoms with Gasteiger partial charge in [-0.15, -0.1) is 0 Å². The van der Waals surface area contributed by atoms with Crippen molar-refractivity contribution in [3.8, 4) is 0 Å². The summed E-state index contributed by atoms with van der Waals surface area (Å²) >= 11 is 0. The van der Waals surface area contributed by atoms with Gasteiger partial charge in [-0.25, -0.2) is 4.57 Å². The number of nitrogens with zero attached hydrogens (tertiary/aromatic N) is 1. The lowest BCUT2D eigenvalue weighted by Crippen LogP contribution is -3.00. The van der Waals surface area contributed by atoms with Crippen LogP contribution in [-0.4, -0.2) is 68.5 Å². The number of hydrogen-bond acceptors (Lipinski definition) is 8. The molecule has 0 aliphatic carbocycles. The normalized spacial score (nSPS) is 14.1. The average molecular weight is 562 g/mol. The van der Waals surface area contributed by atoms with Crippen molar-refractivity contribution in [3.05, 3.63) is 29.1 Å². The fourth-order valence-electron chi connectivity index (χ4n) is 3.95. The molecule has 1 heterocycles. The van der Waals surface area contributed by atoms with Crippen LogP contribution in [0.4, 0.5) is 0 Å². The van der Waals surface area contributed by atoms with Crippen LogP contribution in [0, 0.1) is 0 Å². The number of rotatable bonds is 19. The molecule has 0 aliphatic rings. The van der Waals surface area contributed by atoms with Gasteiger partial charge in [-0.05, 0) is 63.4 Å². The summed E-state index contributed by atoms with van der Waals surface area (Å²) in [6.45, 7) is 0.534. The SMILES string of the molecule is N[C@@H](CCCC[n+]1cc(CC[C@H](N)C(=O)O)c(CCC[C@H](N)C(=O)O)c(CC[C@H](N)C(=O)O)c1)C(=O)O.[Cl-]. The molecule has 0 fully saturated rings. The summed E-state index contributed by atoms with van der Waals surface area (Å²) in [5.74, 6) is -4.41. The maximum atomic E-state index is 11.2. The van der Waals surface area contributed by atoms with Crippen molar-refractivity contribution in [2.45, 2.75) is 94.9 Å². The van der Waals surface area contributed by atoms with Crippen molar-refractivity contribution in [3.63, 3.8) is 0 Å². The van der Waals surface area contributed by atoms with Gasteiger partial charge in [0.1, 0.15) is 30.7 Å². The number of carboxylic acids is 4. The first-order valence-electron chi connectivity index (χ1n) is 12.3. The molecule has 0 amide bonds. The molecule has 12 N–H and O–H groups in total. The molecule has 0 bridgehead atoms. The first kappa shape index (κ1) is 35.2. The number of aryl methyl sites for hydroxylation is 3. The van der Waals surface area contributed by atoms with Crippen LogP contribution < -0.4 is 39.9 Å². The number of hydrogen-bond donors (Lipinski definition) is 8. The maximum Gasteiger partial charge on any atom is 0.320 e. The molecule has 0 aromatic carbocycles. The fourth-order valence-corrected chi connectivity index (χ4v) is 3.95. The average Bonchev–Trinajstić information content (AvgIpc) is 2.83. The summed E-state index contributed by atoms with van der Waals surface area (Å²) in [5, 5.41) is 36.4. The highest BCUT2D eigenvalue weighted by Gasteiger charge is 2.22. The summed E-state index contributed by atoms with van der Waals surface area (Å²) in [7, 11) is 0. The first-order chi connectivity index (χ1) is 17.3. The zero-order chi connectivity index (χ0) is 28.1. The third-order valence-corrected chi connectivity index (χ3v) is 6.26. The van der Waals surface area contributed by atoms with E-state index in [1.165, 1.54) is 0 Å². The Balaban J connectivity index is 0.0000137. The van der Waals surface area contributed by atoms with E-state index in [0.29, 0.717) is 51.5 Å². The van der Waals surface area contributed by atoms with E-state index in [0.717, 1.165) is 16.7 Å². The molecule has 0 radical (unpaired) electrons. The smallest absolute Gasteiger partial charge is 0.320 e. The molecule has 4 atom stereocenters. The number of pyridine rings is 1. The molecule has 0 spiro atoms. The van der Waals surface area contributed by atoms with Crippen LogP contribution in [-0.2, 0) is 45.0 Å². The van der Waals surface area contributed by atoms with Crippen molar-refractivity contribution in [1.29, 1.82) is 0 Å². The van der Waals surface area contributed by atoms with Gasteiger partial charge in [-0.1, -0.05) is 0 Å². The number of halogens is 1. The Labute approximate surface area is 227 Å². The topological polar surface area (TPSA) is 257 Å². The van der Waals surface area contributed by atoms with Gasteiger partial charge in [0.2, 0.25) is 0 Å². The lowest BCUT2D eigenvalue weighted by molar-refractivity contribution is -0.698. The molecule has 1 aromatic rings. The highest BCUT2D eigenvalue weighted by molar-refractivity contribution is 5.74. The molecule has 38 heavy (non-hydrogen) atoms. The highest BCUT2D eigenvalue weighted by Crippen LogP contribution is 2.21. The number of carboxylic acid groups (broad SMARTS) is 4. The number of aromatic nitrogens is 1. The second-order valence-corrected chi connectivity index (χ2v) is 9.27. The minimum atomic E-state index is -1.12. The van der Waals surface area contributed by atoms with Crippen LogP contribution in [0.15, 0.2) is 12.4 Å². The largest absolute Gasteiger partial charge is 1.00 e. The molecular formula is C24H40ClN5O8. The number of carbonyl (C=O) groups is 4. The molecule has 216 valence electrons. The summed E-state index contributed by atoms with van der Waals surface area (Å²) in [5.41, 5.74) is 25.2. The molecule has 0 saturated carbocycles. The van der Waals surface area contributed by atoms with Gasteiger partial charge in [0, 0.05) is 17.5 Å². The summed E-state index contributed by atoms with van der Waals surface area (Å²) in [6, 6.07) is -4.09. The van der Waals surface area contributed by atoms with Crippen LogP contribution in [0.1, 0.15) is 61.6 Å². The molecular weight excluding hydrogens is 522 g/mol. The summed E-state index contributed by atoms with van der Waals surface area (Å²) in [4.78, 5) is 44.5. The Morgan fingerprint density at radius 3 is 1.37 bits per heavy atom. The number of nitrogens with two attached hydrogens (primary N) is 4. The standard InChI is InChI=1S/C24H39N5O8.ClH/c25-17(21(30)31)5-1-2-11-29-12-14(7-9-19(27)23(34)35)16(4-3-6-18(26)22(32)33)15(13-29)8-10-20(28)24(36)37;/h12-13,17-20H,1-11,25-28H2,(H3-,30,31,32,33,34,35,36,37);1H/t17-,18-,19-,20-;/m0./s1. The van der Waals surface area contributed by atoms with E-state index in [9.17, 15) is 29.4 Å². The molecule has 0 saturated heterocycles. The summed E-state index contributed by atoms with van der Waals surface area (Å²) in [6.07, 6.45) is 7.46. The zero-order valence-electron chi connectivity index (χ0n) is 21.3. The summed E-state index contributed by atoms with van der Waals surface area (Å²) < 4.78 is 1.90. The minimum absolute atomic E-state index is 0. The maximum absolute atomic E-state index is 11.2. The Morgan fingerprint density at radius 1 is 0.605 bits per heavy atom. The third-order valence-electron chi connectivity index (χ3n) is 6.26. The fraction of sp³-hybridized carbons (Fsp3) is 0.625. The second kappa shape index (κ2) is 17.6. The molecule has 14 heteroatoms. The molecule has 13 nitrogen and oxygen atoms in total. The third kappa shape index (κ3) is 12.6. The Bertz CT molecular complexity index is 903. The molecule has 0 aliphatic heterocycles. The Kier molecular flexibility index (Phi) is 16.3. The molecule has 0 unspecified atom stereocenters. The van der Waals surface area contributed by atoms with Crippen molar-refractivity contribution in [1.82, 2.24) is 0 Å². The minimum Gasteiger partial charge on any atom is -1.00 e. The number of unbranched alkanes of at least 4 members (excludes halogenated alkanes) is 1. The van der Waals surface area contributed by atoms with E-state index < -0.39 is 48.0 Å². The lowest BCUT2D eigenvalue weighted by Gasteiger charge is -2.16. The van der Waals surface area contributed by atoms with E-state index in [4.69, 9.17) is 33.1 Å². The van der Waals surface area contributed by atoms with Gasteiger partial charge in [0.25, 0.3) is 0 Å². The number of aliphatic carboxylic acids is 4. The lowest BCUT2D eigenvalue weighted by atomic mass is 9.91. The first-order valence-corrected chi connectivity index (χ1v) is 12.3. The second-order valence-electron chi connectivity index (χ2n) is 9.27. The van der Waals surface area contributed by atoms with Crippen molar-refractivity contribution >= 4 is 23.9 Å². The van der Waals surface area contributed by atoms with Gasteiger partial charge >= 0.3 is 23.9 Å². The molecule has 1 aromatic heterocycles. The van der Waals surface area contributed by atoms with Gasteiger partial charge in [-0.2, -0.15) is 0 Å². The zero-order valence-corrected chi connectivity index (χ0v) is 22.1. The van der Waals surface area contributed by atoms with Gasteiger partial charge in [0.05, 0.1) is 0 Å². The van der Waals surface area contributed by atoms with E-state index in [1.807, 2.05) is 17.0 Å². The van der Waals surface area contributed by atoms with Gasteiger partial charge in [-0.3, -0.25) is 19.2 Å².